The van der Waals surface area contributed by atoms with Crippen LogP contribution in [0.5, 0.6) is 0 Å². The lowest BCUT2D eigenvalue weighted by atomic mass is 10.1. The number of piperazine rings is 1. The monoisotopic (exact) mass is 1040 g/mol. The second-order valence-electron chi connectivity index (χ2n) is 24.8. The fourth-order valence-electron chi connectivity index (χ4n) is 12.0. The summed E-state index contributed by atoms with van der Waals surface area (Å²) in [6.45, 7) is 31.1. The molecule has 0 aromatic rings. The molecule has 0 aromatic heterocycles. The fraction of sp³-hybridized carbons (Fsp3) is 1.00. The van der Waals surface area contributed by atoms with E-state index < -0.39 is 0 Å². The quantitative estimate of drug-likeness (QED) is 0.0563. The fourth-order valence-corrected chi connectivity index (χ4v) is 12.0. The molecule has 0 aromatic carbocycles. The molecule has 0 bridgehead atoms. The smallest absolute Gasteiger partial charge is 0.0110 e. The van der Waals surface area contributed by atoms with E-state index in [0.29, 0.717) is 0 Å². The van der Waals surface area contributed by atoms with Crippen LogP contribution in [0.4, 0.5) is 0 Å². The maximum atomic E-state index is 2.93. The van der Waals surface area contributed by atoms with Crippen molar-refractivity contribution in [3.63, 3.8) is 0 Å². The van der Waals surface area contributed by atoms with Crippen molar-refractivity contribution in [3.8, 4) is 0 Å². The standard InChI is InChI=1S/C69H143N5/c1-6-11-16-21-26-31-36-41-46-50-55-70(56-51-47-42-37-32-27-22-17-12-7-2)60-62-72(59-54-49-44-39-34-29-24-19-14-9-4)63-65-74-68-66-73(67-69-74)64-61-71(57-52-45-40-35-30-25-20-15-10-5)58-53-48-43-38-33-28-23-18-13-8-3/h6-69H2,1-5H3. The molecule has 74 heavy (non-hydrogen) atoms. The van der Waals surface area contributed by atoms with Crippen LogP contribution in [0.25, 0.3) is 0 Å². The highest BCUT2D eigenvalue weighted by Gasteiger charge is 2.19. The normalized spacial score (nSPS) is 13.8. The lowest BCUT2D eigenvalue weighted by Crippen LogP contribution is -2.50. The molecule has 1 saturated heterocycles. The van der Waals surface area contributed by atoms with Crippen LogP contribution in [0, 0.1) is 0 Å². The summed E-state index contributed by atoms with van der Waals surface area (Å²) in [6.07, 6.45) is 70.5. The maximum Gasteiger partial charge on any atom is 0.0110 e. The first-order chi connectivity index (χ1) is 36.7. The summed E-state index contributed by atoms with van der Waals surface area (Å²) in [5.41, 5.74) is 0. The molecule has 5 heteroatoms. The topological polar surface area (TPSA) is 16.2 Å². The minimum atomic E-state index is 1.27. The number of unbranched alkanes of at least 4 members (excludes halogenated alkanes) is 44. The molecule has 0 N–H and O–H groups in total. The minimum absolute atomic E-state index is 1.27. The average molecular weight is 1040 g/mol. The van der Waals surface area contributed by atoms with Gasteiger partial charge in [-0.3, -0.25) is 9.80 Å². The maximum absolute atomic E-state index is 2.93. The van der Waals surface area contributed by atoms with E-state index >= 15 is 0 Å². The van der Waals surface area contributed by atoms with Crippen molar-refractivity contribution < 1.29 is 0 Å². The molecule has 0 spiro atoms. The summed E-state index contributed by atoms with van der Waals surface area (Å²) in [5, 5.41) is 0. The van der Waals surface area contributed by atoms with Crippen LogP contribution in [-0.4, -0.2) is 123 Å². The third-order valence-corrected chi connectivity index (χ3v) is 17.6. The second kappa shape index (κ2) is 60.4. The summed E-state index contributed by atoms with van der Waals surface area (Å²) in [4.78, 5) is 14.4. The van der Waals surface area contributed by atoms with E-state index in [0.717, 1.165) is 0 Å². The van der Waals surface area contributed by atoms with E-state index in [-0.39, 0.29) is 0 Å². The molecule has 0 unspecified atom stereocenters. The Bertz CT molecular complexity index is 990. The zero-order valence-corrected chi connectivity index (χ0v) is 52.5. The Labute approximate surface area is 469 Å². The molecule has 1 heterocycles. The van der Waals surface area contributed by atoms with Gasteiger partial charge in [0.2, 0.25) is 0 Å². The Morgan fingerprint density at radius 1 is 0.176 bits per heavy atom. The molecular formula is C69H143N5. The van der Waals surface area contributed by atoms with Gasteiger partial charge in [0.1, 0.15) is 0 Å². The van der Waals surface area contributed by atoms with E-state index in [4.69, 9.17) is 0 Å². The first-order valence-corrected chi connectivity index (χ1v) is 35.3. The van der Waals surface area contributed by atoms with Crippen molar-refractivity contribution in [2.45, 2.75) is 349 Å². The van der Waals surface area contributed by atoms with Crippen LogP contribution in [0.3, 0.4) is 0 Å². The van der Waals surface area contributed by atoms with Crippen molar-refractivity contribution in [1.29, 1.82) is 0 Å². The van der Waals surface area contributed by atoms with Gasteiger partial charge in [-0.1, -0.05) is 317 Å². The van der Waals surface area contributed by atoms with Gasteiger partial charge in [0.25, 0.3) is 0 Å². The third kappa shape index (κ3) is 51.3. The van der Waals surface area contributed by atoms with Crippen LogP contribution in [0.1, 0.15) is 349 Å². The van der Waals surface area contributed by atoms with Crippen molar-refractivity contribution in [2.75, 3.05) is 98.2 Å². The van der Waals surface area contributed by atoms with Crippen LogP contribution in [-0.2, 0) is 0 Å². The van der Waals surface area contributed by atoms with E-state index in [1.54, 1.807) is 0 Å². The molecule has 1 rings (SSSR count). The van der Waals surface area contributed by atoms with Gasteiger partial charge >= 0.3 is 0 Å². The Morgan fingerprint density at radius 2 is 0.324 bits per heavy atom. The highest BCUT2D eigenvalue weighted by atomic mass is 15.3. The first kappa shape index (κ1) is 71.8. The van der Waals surface area contributed by atoms with Crippen LogP contribution < -0.4 is 0 Å². The SMILES string of the molecule is CCCCCCCCCCCCN(CCCCCCCCCCCC)CCN(CCCCCCCCCCCC)CCN1CCN(CCN(CCCCCCCCCCC)CCCCCCCCCCCC)CC1. The predicted molar refractivity (Wildman–Crippen MR) is 337 cm³/mol. The van der Waals surface area contributed by atoms with Gasteiger partial charge in [-0.15, -0.1) is 0 Å². The van der Waals surface area contributed by atoms with Gasteiger partial charge in [-0.2, -0.15) is 0 Å². The molecule has 1 aliphatic rings. The Kier molecular flexibility index (Phi) is 58.7. The lowest BCUT2D eigenvalue weighted by Gasteiger charge is -2.37. The van der Waals surface area contributed by atoms with E-state index in [9.17, 15) is 0 Å². The van der Waals surface area contributed by atoms with Gasteiger partial charge in [-0.05, 0) is 64.8 Å². The minimum Gasteiger partial charge on any atom is -0.302 e. The zero-order valence-electron chi connectivity index (χ0n) is 52.5. The van der Waals surface area contributed by atoms with Crippen molar-refractivity contribution in [2.24, 2.45) is 0 Å². The number of rotatable bonds is 63. The molecule has 0 radical (unpaired) electrons. The Morgan fingerprint density at radius 3 is 0.514 bits per heavy atom. The summed E-state index contributed by atoms with van der Waals surface area (Å²) in [7, 11) is 0. The summed E-state index contributed by atoms with van der Waals surface area (Å²) >= 11 is 0. The molecule has 0 saturated carbocycles. The first-order valence-electron chi connectivity index (χ1n) is 35.3. The Balaban J connectivity index is 2.72. The average Bonchev–Trinajstić information content (AvgIpc) is 3.41. The second-order valence-corrected chi connectivity index (χ2v) is 24.8. The molecule has 0 aliphatic carbocycles. The highest BCUT2D eigenvalue weighted by Crippen LogP contribution is 2.17. The summed E-state index contributed by atoms with van der Waals surface area (Å²) < 4.78 is 0. The van der Waals surface area contributed by atoms with Crippen molar-refractivity contribution in [1.82, 2.24) is 24.5 Å². The zero-order chi connectivity index (χ0) is 53.1. The van der Waals surface area contributed by atoms with Crippen molar-refractivity contribution in [3.05, 3.63) is 0 Å². The van der Waals surface area contributed by atoms with Gasteiger partial charge < -0.3 is 14.7 Å². The molecule has 444 valence electrons. The van der Waals surface area contributed by atoms with E-state index in [1.807, 2.05) is 0 Å². The third-order valence-electron chi connectivity index (χ3n) is 17.6. The van der Waals surface area contributed by atoms with Crippen LogP contribution >= 0.6 is 0 Å². The van der Waals surface area contributed by atoms with Crippen molar-refractivity contribution >= 4 is 0 Å². The number of nitrogens with zero attached hydrogens (tertiary/aromatic N) is 5. The van der Waals surface area contributed by atoms with Gasteiger partial charge in [0, 0.05) is 65.4 Å². The molecule has 0 amide bonds. The van der Waals surface area contributed by atoms with Crippen LogP contribution in [0.15, 0.2) is 0 Å². The Hall–Kier alpha value is -0.200. The van der Waals surface area contributed by atoms with E-state index in [2.05, 4.69) is 59.1 Å². The van der Waals surface area contributed by atoms with E-state index in [1.165, 1.54) is 413 Å². The lowest BCUT2D eigenvalue weighted by molar-refractivity contribution is 0.104. The molecule has 5 nitrogen and oxygen atoms in total. The molecular weight excluding hydrogens is 899 g/mol. The number of hydrogen-bond acceptors (Lipinski definition) is 5. The summed E-state index contributed by atoms with van der Waals surface area (Å²) in [5.74, 6) is 0. The molecule has 1 fully saturated rings. The highest BCUT2D eigenvalue weighted by molar-refractivity contribution is 4.76. The summed E-state index contributed by atoms with van der Waals surface area (Å²) in [6, 6.07) is 0. The molecule has 1 aliphatic heterocycles. The molecule has 0 atom stereocenters. The predicted octanol–water partition coefficient (Wildman–Crippen LogP) is 20.7. The van der Waals surface area contributed by atoms with Gasteiger partial charge in [0.15, 0.2) is 0 Å². The number of hydrogen-bond donors (Lipinski definition) is 0. The van der Waals surface area contributed by atoms with Crippen LogP contribution in [0.2, 0.25) is 0 Å². The van der Waals surface area contributed by atoms with Gasteiger partial charge in [-0.25, -0.2) is 0 Å². The van der Waals surface area contributed by atoms with Gasteiger partial charge in [0.05, 0.1) is 0 Å². The largest absolute Gasteiger partial charge is 0.302 e.